The van der Waals surface area contributed by atoms with Gasteiger partial charge in [0.15, 0.2) is 0 Å². The molecule has 2 N–H and O–H groups in total. The molecule has 2 atom stereocenters. The molecule has 1 aliphatic rings. The highest BCUT2D eigenvalue weighted by molar-refractivity contribution is 4.79. The van der Waals surface area contributed by atoms with Crippen molar-refractivity contribution >= 4 is 0 Å². The summed E-state index contributed by atoms with van der Waals surface area (Å²) in [6.07, 6.45) is 3.82. The Labute approximate surface area is 76.1 Å². The van der Waals surface area contributed by atoms with Crippen LogP contribution in [0.4, 0.5) is 0 Å². The van der Waals surface area contributed by atoms with Crippen LogP contribution in [0.25, 0.3) is 0 Å². The monoisotopic (exact) mass is 170 g/mol. The predicted octanol–water partition coefficient (Wildman–Crippen LogP) is 1.46. The summed E-state index contributed by atoms with van der Waals surface area (Å²) in [6, 6.07) is 0.447. The molecule has 12 heavy (non-hydrogen) atoms. The van der Waals surface area contributed by atoms with Gasteiger partial charge in [0.2, 0.25) is 0 Å². The molecule has 0 aromatic heterocycles. The number of nitrogens with two attached hydrogens (primary N) is 1. The number of rotatable bonds is 3. The van der Waals surface area contributed by atoms with Crippen molar-refractivity contribution in [3.05, 3.63) is 0 Å². The zero-order valence-electron chi connectivity index (χ0n) is 8.42. The first kappa shape index (κ1) is 10.0. The van der Waals surface area contributed by atoms with Crippen molar-refractivity contribution in [1.29, 1.82) is 0 Å². The van der Waals surface area contributed by atoms with Gasteiger partial charge in [-0.1, -0.05) is 20.3 Å². The Morgan fingerprint density at radius 3 is 2.83 bits per heavy atom. The minimum Gasteiger partial charge on any atom is -0.327 e. The smallest absolute Gasteiger partial charge is 0.00889 e. The first-order valence-electron chi connectivity index (χ1n) is 5.22. The zero-order valence-corrected chi connectivity index (χ0v) is 8.42. The zero-order chi connectivity index (χ0) is 8.97. The number of hydrogen-bond donors (Lipinski definition) is 1. The van der Waals surface area contributed by atoms with Crippen LogP contribution in [-0.2, 0) is 0 Å². The van der Waals surface area contributed by atoms with E-state index >= 15 is 0 Å². The third kappa shape index (κ3) is 2.76. The minimum absolute atomic E-state index is 0.447. The Kier molecular flexibility index (Phi) is 4.02. The fourth-order valence-electron chi connectivity index (χ4n) is 1.83. The first-order chi connectivity index (χ1) is 5.74. The molecule has 0 bridgehead atoms. The van der Waals surface area contributed by atoms with Crippen LogP contribution in [0, 0.1) is 5.92 Å². The van der Waals surface area contributed by atoms with Crippen LogP contribution in [0.3, 0.4) is 0 Å². The third-order valence-corrected chi connectivity index (χ3v) is 2.88. The summed E-state index contributed by atoms with van der Waals surface area (Å²) in [5.74, 6) is 0.690. The number of hydrogen-bond acceptors (Lipinski definition) is 2. The number of unbranched alkanes of at least 4 members (excludes halogenated alkanes) is 1. The highest BCUT2D eigenvalue weighted by Gasteiger charge is 2.21. The highest BCUT2D eigenvalue weighted by atomic mass is 15.1. The predicted molar refractivity (Wildman–Crippen MR) is 53.1 cm³/mol. The highest BCUT2D eigenvalue weighted by Crippen LogP contribution is 2.14. The Hall–Kier alpha value is -0.0800. The summed E-state index contributed by atoms with van der Waals surface area (Å²) >= 11 is 0. The minimum atomic E-state index is 0.447. The van der Waals surface area contributed by atoms with Gasteiger partial charge < -0.3 is 10.6 Å². The Morgan fingerprint density at radius 2 is 2.25 bits per heavy atom. The Morgan fingerprint density at radius 1 is 1.50 bits per heavy atom. The molecule has 2 nitrogen and oxygen atoms in total. The lowest BCUT2D eigenvalue weighted by atomic mass is 9.95. The Balaban J connectivity index is 2.21. The molecule has 1 saturated heterocycles. The molecule has 1 aliphatic heterocycles. The van der Waals surface area contributed by atoms with Crippen molar-refractivity contribution in [3.63, 3.8) is 0 Å². The summed E-state index contributed by atoms with van der Waals surface area (Å²) in [7, 11) is 0. The van der Waals surface area contributed by atoms with Gasteiger partial charge in [-0.15, -0.1) is 0 Å². The number of likely N-dealkylation sites (tertiary alicyclic amines) is 1. The van der Waals surface area contributed by atoms with Gasteiger partial charge in [-0.3, -0.25) is 0 Å². The van der Waals surface area contributed by atoms with Gasteiger partial charge in [0.05, 0.1) is 0 Å². The second-order valence-corrected chi connectivity index (χ2v) is 4.08. The summed E-state index contributed by atoms with van der Waals surface area (Å²) in [5, 5.41) is 0. The van der Waals surface area contributed by atoms with E-state index in [0.717, 1.165) is 0 Å². The van der Waals surface area contributed by atoms with Gasteiger partial charge in [-0.25, -0.2) is 0 Å². The fraction of sp³-hybridized carbons (Fsp3) is 1.00. The summed E-state index contributed by atoms with van der Waals surface area (Å²) in [6.45, 7) is 8.21. The van der Waals surface area contributed by atoms with Gasteiger partial charge in [-0.05, 0) is 31.8 Å². The molecular weight excluding hydrogens is 148 g/mol. The van der Waals surface area contributed by atoms with E-state index in [1.54, 1.807) is 0 Å². The molecule has 1 heterocycles. The normalized spacial score (nSPS) is 32.2. The molecule has 0 amide bonds. The largest absolute Gasteiger partial charge is 0.327 e. The second-order valence-electron chi connectivity index (χ2n) is 4.08. The number of nitrogens with zero attached hydrogens (tertiary/aromatic N) is 1. The van der Waals surface area contributed by atoms with E-state index in [0.29, 0.717) is 12.0 Å². The van der Waals surface area contributed by atoms with Crippen molar-refractivity contribution in [2.45, 2.75) is 39.2 Å². The van der Waals surface area contributed by atoms with Crippen LogP contribution in [0.1, 0.15) is 33.1 Å². The van der Waals surface area contributed by atoms with Gasteiger partial charge >= 0.3 is 0 Å². The average Bonchev–Trinajstić information content (AvgIpc) is 2.07. The molecule has 1 fully saturated rings. The standard InChI is InChI=1S/C10H22N2/c1-3-4-6-12-7-5-10(11)9(2)8-12/h9-10H,3-8,11H2,1-2H3. The van der Waals surface area contributed by atoms with Crippen LogP contribution >= 0.6 is 0 Å². The maximum absolute atomic E-state index is 5.94. The molecule has 2 heteroatoms. The van der Waals surface area contributed by atoms with Crippen LogP contribution in [0.5, 0.6) is 0 Å². The summed E-state index contributed by atoms with van der Waals surface area (Å²) in [4.78, 5) is 2.55. The Bertz CT molecular complexity index is 123. The molecule has 0 aliphatic carbocycles. The topological polar surface area (TPSA) is 29.3 Å². The van der Waals surface area contributed by atoms with E-state index in [4.69, 9.17) is 5.73 Å². The van der Waals surface area contributed by atoms with E-state index in [9.17, 15) is 0 Å². The van der Waals surface area contributed by atoms with E-state index in [1.165, 1.54) is 38.9 Å². The van der Waals surface area contributed by atoms with Gasteiger partial charge in [-0.2, -0.15) is 0 Å². The van der Waals surface area contributed by atoms with Crippen molar-refractivity contribution in [1.82, 2.24) is 4.90 Å². The molecule has 0 spiro atoms. The van der Waals surface area contributed by atoms with Crippen LogP contribution in [0.15, 0.2) is 0 Å². The van der Waals surface area contributed by atoms with E-state index < -0.39 is 0 Å². The molecule has 1 rings (SSSR count). The van der Waals surface area contributed by atoms with Crippen molar-refractivity contribution in [2.24, 2.45) is 11.7 Å². The van der Waals surface area contributed by atoms with Gasteiger partial charge in [0.25, 0.3) is 0 Å². The molecule has 0 saturated carbocycles. The fourth-order valence-corrected chi connectivity index (χ4v) is 1.83. The van der Waals surface area contributed by atoms with Gasteiger partial charge in [0, 0.05) is 12.6 Å². The third-order valence-electron chi connectivity index (χ3n) is 2.88. The molecular formula is C10H22N2. The molecule has 2 unspecified atom stereocenters. The molecule has 0 aromatic rings. The quantitative estimate of drug-likeness (QED) is 0.694. The first-order valence-corrected chi connectivity index (χ1v) is 5.22. The average molecular weight is 170 g/mol. The van der Waals surface area contributed by atoms with Gasteiger partial charge in [0.1, 0.15) is 0 Å². The van der Waals surface area contributed by atoms with Crippen molar-refractivity contribution in [2.75, 3.05) is 19.6 Å². The summed E-state index contributed by atoms with van der Waals surface area (Å²) in [5.41, 5.74) is 5.94. The van der Waals surface area contributed by atoms with Crippen LogP contribution in [-0.4, -0.2) is 30.6 Å². The lowest BCUT2D eigenvalue weighted by Gasteiger charge is -2.34. The molecule has 0 aromatic carbocycles. The van der Waals surface area contributed by atoms with E-state index in [2.05, 4.69) is 18.7 Å². The maximum Gasteiger partial charge on any atom is 0.00889 e. The molecule has 72 valence electrons. The molecule has 0 radical (unpaired) electrons. The summed E-state index contributed by atoms with van der Waals surface area (Å²) < 4.78 is 0. The maximum atomic E-state index is 5.94. The van der Waals surface area contributed by atoms with E-state index in [1.807, 2.05) is 0 Å². The lowest BCUT2D eigenvalue weighted by Crippen LogP contribution is -2.46. The lowest BCUT2D eigenvalue weighted by molar-refractivity contribution is 0.163. The van der Waals surface area contributed by atoms with Crippen LogP contribution < -0.4 is 5.73 Å². The SMILES string of the molecule is CCCCN1CCC(N)C(C)C1. The second kappa shape index (κ2) is 4.83. The van der Waals surface area contributed by atoms with E-state index in [-0.39, 0.29) is 0 Å². The van der Waals surface area contributed by atoms with Crippen molar-refractivity contribution in [3.8, 4) is 0 Å². The number of piperidine rings is 1. The van der Waals surface area contributed by atoms with Crippen LogP contribution in [0.2, 0.25) is 0 Å². The van der Waals surface area contributed by atoms with Crippen molar-refractivity contribution < 1.29 is 0 Å².